The Morgan fingerprint density at radius 1 is 1.50 bits per heavy atom. The quantitative estimate of drug-likeness (QED) is 0.632. The number of carboxylic acid groups (broad SMARTS) is 1. The molecule has 1 rings (SSSR count). The van der Waals surface area contributed by atoms with Gasteiger partial charge in [0, 0.05) is 17.1 Å². The number of rotatable bonds is 5. The summed E-state index contributed by atoms with van der Waals surface area (Å²) < 4.78 is 0. The number of aryl methyl sites for hydroxylation is 1. The number of carboxylic acids is 1. The van der Waals surface area contributed by atoms with E-state index < -0.39 is 5.97 Å². The van der Waals surface area contributed by atoms with Gasteiger partial charge >= 0.3 is 5.97 Å². The summed E-state index contributed by atoms with van der Waals surface area (Å²) in [7, 11) is 0. The second-order valence-electron chi connectivity index (χ2n) is 3.86. The average Bonchev–Trinajstić information content (AvgIpc) is 2.16. The van der Waals surface area contributed by atoms with E-state index in [1.165, 1.54) is 11.8 Å². The van der Waals surface area contributed by atoms with Crippen molar-refractivity contribution in [2.24, 2.45) is 0 Å². The van der Waals surface area contributed by atoms with Crippen LogP contribution >= 0.6 is 11.8 Å². The molecule has 0 aromatic carbocycles. The highest BCUT2D eigenvalue weighted by atomic mass is 32.2. The van der Waals surface area contributed by atoms with E-state index in [-0.39, 0.29) is 6.42 Å². The summed E-state index contributed by atoms with van der Waals surface area (Å²) in [5, 5.41) is 9.21. The van der Waals surface area contributed by atoms with Crippen molar-refractivity contribution in [3.05, 3.63) is 17.5 Å². The molecule has 0 amide bonds. The van der Waals surface area contributed by atoms with Crippen LogP contribution in [0.25, 0.3) is 0 Å². The predicted molar refractivity (Wildman–Crippen MR) is 63.8 cm³/mol. The molecule has 1 heterocycles. The van der Waals surface area contributed by atoms with Crippen LogP contribution in [-0.2, 0) is 4.79 Å². The Morgan fingerprint density at radius 2 is 2.19 bits per heavy atom. The van der Waals surface area contributed by atoms with E-state index in [1.807, 2.05) is 13.0 Å². The highest BCUT2D eigenvalue weighted by Crippen LogP contribution is 2.19. The summed E-state index contributed by atoms with van der Waals surface area (Å²) in [6, 6.07) is 1.96. The lowest BCUT2D eigenvalue weighted by Crippen LogP contribution is -2.01. The van der Waals surface area contributed by atoms with Gasteiger partial charge in [-0.15, -0.1) is 0 Å². The number of aromatic nitrogens is 2. The SMILES string of the molecule is Cc1cc(C(C)C)nc(SCCC(=O)O)n1. The first-order chi connectivity index (χ1) is 7.49. The molecule has 4 nitrogen and oxygen atoms in total. The summed E-state index contributed by atoms with van der Waals surface area (Å²) in [5.74, 6) is 0.0841. The summed E-state index contributed by atoms with van der Waals surface area (Å²) in [5.41, 5.74) is 1.93. The molecule has 0 saturated carbocycles. The first-order valence-corrected chi connectivity index (χ1v) is 6.17. The third-order valence-electron chi connectivity index (χ3n) is 1.99. The zero-order valence-corrected chi connectivity index (χ0v) is 10.5. The van der Waals surface area contributed by atoms with Gasteiger partial charge in [0.25, 0.3) is 0 Å². The van der Waals surface area contributed by atoms with E-state index in [4.69, 9.17) is 5.11 Å². The number of aliphatic carboxylic acids is 1. The number of carbonyl (C=O) groups is 1. The van der Waals surface area contributed by atoms with Gasteiger partial charge in [-0.3, -0.25) is 4.79 Å². The number of hydrogen-bond donors (Lipinski definition) is 1. The Balaban J connectivity index is 2.69. The number of nitrogens with zero attached hydrogens (tertiary/aromatic N) is 2. The lowest BCUT2D eigenvalue weighted by molar-refractivity contribution is -0.136. The first kappa shape index (κ1) is 13.0. The number of hydrogen-bond acceptors (Lipinski definition) is 4. The van der Waals surface area contributed by atoms with Gasteiger partial charge in [0.1, 0.15) is 0 Å². The van der Waals surface area contributed by atoms with Crippen molar-refractivity contribution in [1.82, 2.24) is 9.97 Å². The molecule has 0 aliphatic carbocycles. The van der Waals surface area contributed by atoms with Crippen molar-refractivity contribution in [1.29, 1.82) is 0 Å². The molecule has 5 heteroatoms. The lowest BCUT2D eigenvalue weighted by Gasteiger charge is -2.07. The molecule has 0 aliphatic heterocycles. The highest BCUT2D eigenvalue weighted by Gasteiger charge is 2.07. The van der Waals surface area contributed by atoms with E-state index >= 15 is 0 Å². The van der Waals surface area contributed by atoms with Crippen LogP contribution in [0, 0.1) is 6.92 Å². The second kappa shape index (κ2) is 5.84. The minimum Gasteiger partial charge on any atom is -0.481 e. The maximum atomic E-state index is 10.4. The Bertz CT molecular complexity index is 380. The molecule has 0 aliphatic rings. The van der Waals surface area contributed by atoms with Crippen LogP contribution in [0.3, 0.4) is 0 Å². The fraction of sp³-hybridized carbons (Fsp3) is 0.545. The molecule has 16 heavy (non-hydrogen) atoms. The molecule has 0 saturated heterocycles. The van der Waals surface area contributed by atoms with Crippen molar-refractivity contribution < 1.29 is 9.90 Å². The van der Waals surface area contributed by atoms with Gasteiger partial charge in [-0.1, -0.05) is 25.6 Å². The molecule has 0 unspecified atom stereocenters. The molecule has 0 bridgehead atoms. The van der Waals surface area contributed by atoms with Crippen molar-refractivity contribution in [3.63, 3.8) is 0 Å². The van der Waals surface area contributed by atoms with Gasteiger partial charge in [0.15, 0.2) is 5.16 Å². The third-order valence-corrected chi connectivity index (χ3v) is 2.84. The summed E-state index contributed by atoms with van der Waals surface area (Å²) in [6.07, 6.45) is 0.138. The largest absolute Gasteiger partial charge is 0.481 e. The van der Waals surface area contributed by atoms with E-state index in [9.17, 15) is 4.79 Å². The van der Waals surface area contributed by atoms with Crippen molar-refractivity contribution in [2.45, 2.75) is 38.3 Å². The molecule has 1 aromatic heterocycles. The van der Waals surface area contributed by atoms with Crippen LogP contribution in [0.1, 0.15) is 37.6 Å². The molecule has 1 N–H and O–H groups in total. The Morgan fingerprint density at radius 3 is 2.75 bits per heavy atom. The Labute approximate surface area is 99.5 Å². The molecular formula is C11H16N2O2S. The fourth-order valence-corrected chi connectivity index (χ4v) is 1.99. The fourth-order valence-electron chi connectivity index (χ4n) is 1.15. The average molecular weight is 240 g/mol. The van der Waals surface area contributed by atoms with Crippen LogP contribution in [0.4, 0.5) is 0 Å². The Hall–Kier alpha value is -1.10. The monoisotopic (exact) mass is 240 g/mol. The molecule has 1 aromatic rings. The van der Waals surface area contributed by atoms with Crippen molar-refractivity contribution in [2.75, 3.05) is 5.75 Å². The molecule has 0 atom stereocenters. The van der Waals surface area contributed by atoms with Crippen LogP contribution < -0.4 is 0 Å². The molecule has 0 radical (unpaired) electrons. The van der Waals surface area contributed by atoms with Crippen LogP contribution in [-0.4, -0.2) is 26.8 Å². The molecule has 0 fully saturated rings. The van der Waals surface area contributed by atoms with Crippen LogP contribution in [0.5, 0.6) is 0 Å². The standard InChI is InChI=1S/C11H16N2O2S/c1-7(2)9-6-8(3)12-11(13-9)16-5-4-10(14)15/h6-7H,4-5H2,1-3H3,(H,14,15). The highest BCUT2D eigenvalue weighted by molar-refractivity contribution is 7.99. The van der Waals surface area contributed by atoms with Gasteiger partial charge in [-0.05, 0) is 18.9 Å². The maximum absolute atomic E-state index is 10.4. The second-order valence-corrected chi connectivity index (χ2v) is 4.93. The van der Waals surface area contributed by atoms with Gasteiger partial charge in [-0.2, -0.15) is 0 Å². The summed E-state index contributed by atoms with van der Waals surface area (Å²) >= 11 is 1.39. The van der Waals surface area contributed by atoms with Crippen molar-refractivity contribution in [3.8, 4) is 0 Å². The minimum absolute atomic E-state index is 0.138. The predicted octanol–water partition coefficient (Wildman–Crippen LogP) is 2.48. The van der Waals surface area contributed by atoms with E-state index in [2.05, 4.69) is 23.8 Å². The van der Waals surface area contributed by atoms with E-state index in [0.29, 0.717) is 16.8 Å². The van der Waals surface area contributed by atoms with Crippen LogP contribution in [0.15, 0.2) is 11.2 Å². The van der Waals surface area contributed by atoms with Gasteiger partial charge in [0.05, 0.1) is 6.42 Å². The van der Waals surface area contributed by atoms with Crippen LogP contribution in [0.2, 0.25) is 0 Å². The van der Waals surface area contributed by atoms with Gasteiger partial charge < -0.3 is 5.11 Å². The minimum atomic E-state index is -0.788. The van der Waals surface area contributed by atoms with Gasteiger partial charge in [0.2, 0.25) is 0 Å². The lowest BCUT2D eigenvalue weighted by atomic mass is 10.1. The topological polar surface area (TPSA) is 63.1 Å². The smallest absolute Gasteiger partial charge is 0.304 e. The first-order valence-electron chi connectivity index (χ1n) is 5.19. The molecule has 88 valence electrons. The molecular weight excluding hydrogens is 224 g/mol. The zero-order valence-electron chi connectivity index (χ0n) is 9.73. The van der Waals surface area contributed by atoms with E-state index in [0.717, 1.165) is 11.4 Å². The normalized spacial score (nSPS) is 10.8. The zero-order chi connectivity index (χ0) is 12.1. The number of thioether (sulfide) groups is 1. The van der Waals surface area contributed by atoms with Crippen molar-refractivity contribution >= 4 is 17.7 Å². The Kier molecular flexibility index (Phi) is 4.73. The summed E-state index contributed by atoms with van der Waals surface area (Å²) in [4.78, 5) is 19.0. The summed E-state index contributed by atoms with van der Waals surface area (Å²) in [6.45, 7) is 6.08. The third kappa shape index (κ3) is 4.18. The molecule has 0 spiro atoms. The van der Waals surface area contributed by atoms with E-state index in [1.54, 1.807) is 0 Å². The van der Waals surface area contributed by atoms with Gasteiger partial charge in [-0.25, -0.2) is 9.97 Å². The maximum Gasteiger partial charge on any atom is 0.304 e.